The summed E-state index contributed by atoms with van der Waals surface area (Å²) in [4.78, 5) is 24.7. The Morgan fingerprint density at radius 2 is 1.87 bits per heavy atom. The maximum absolute atomic E-state index is 14.1. The zero-order valence-electron chi connectivity index (χ0n) is 16.2. The highest BCUT2D eigenvalue weighted by Crippen LogP contribution is 2.33. The molecule has 0 atom stereocenters. The van der Waals surface area contributed by atoms with Gasteiger partial charge in [0.1, 0.15) is 12.1 Å². The van der Waals surface area contributed by atoms with Crippen LogP contribution in [0.3, 0.4) is 0 Å². The molecule has 10 heteroatoms. The number of rotatable bonds is 7. The van der Waals surface area contributed by atoms with Crippen molar-refractivity contribution in [3.8, 4) is 0 Å². The highest BCUT2D eigenvalue weighted by molar-refractivity contribution is 7.09. The molecule has 3 aromatic rings. The van der Waals surface area contributed by atoms with Crippen LogP contribution >= 0.6 is 11.3 Å². The predicted molar refractivity (Wildman–Crippen MR) is 116 cm³/mol. The molecule has 1 saturated heterocycles. The standard InChI is InChI=1S/C20H21FN6O2S/c21-16-5-1-2-6-17(16)25-9-11-26(12-10-25)20-18(27(28)29)19(23-14-24-20)22-8-7-15-4-3-13-30-15/h1-6,13-14H,7-12H2,(H,22,23,24). The summed E-state index contributed by atoms with van der Waals surface area (Å²) in [5.41, 5.74) is 0.424. The minimum Gasteiger partial charge on any atom is -0.366 e. The van der Waals surface area contributed by atoms with E-state index in [0.29, 0.717) is 44.2 Å². The molecule has 2 aromatic heterocycles. The van der Waals surface area contributed by atoms with E-state index in [9.17, 15) is 14.5 Å². The topological polar surface area (TPSA) is 87.4 Å². The number of nitrogens with one attached hydrogen (secondary N) is 1. The van der Waals surface area contributed by atoms with Crippen LogP contribution in [0.2, 0.25) is 0 Å². The van der Waals surface area contributed by atoms with Gasteiger partial charge in [0.05, 0.1) is 10.6 Å². The van der Waals surface area contributed by atoms with E-state index in [1.165, 1.54) is 17.3 Å². The minimum atomic E-state index is -0.438. The first-order valence-corrected chi connectivity index (χ1v) is 10.5. The van der Waals surface area contributed by atoms with Crippen LogP contribution in [-0.4, -0.2) is 47.6 Å². The van der Waals surface area contributed by atoms with E-state index in [0.717, 1.165) is 6.42 Å². The molecule has 1 aromatic carbocycles. The third-order valence-corrected chi connectivity index (χ3v) is 5.94. The van der Waals surface area contributed by atoms with Crippen LogP contribution in [0, 0.1) is 15.9 Å². The molecule has 0 bridgehead atoms. The summed E-state index contributed by atoms with van der Waals surface area (Å²) in [7, 11) is 0. The van der Waals surface area contributed by atoms with Gasteiger partial charge in [0.2, 0.25) is 11.6 Å². The van der Waals surface area contributed by atoms with E-state index in [4.69, 9.17) is 0 Å². The smallest absolute Gasteiger partial charge is 0.353 e. The molecule has 0 amide bonds. The van der Waals surface area contributed by atoms with Gasteiger partial charge in [-0.2, -0.15) is 0 Å². The van der Waals surface area contributed by atoms with Gasteiger partial charge in [0.25, 0.3) is 0 Å². The van der Waals surface area contributed by atoms with Crippen LogP contribution in [0.15, 0.2) is 48.1 Å². The molecule has 1 aliphatic heterocycles. The van der Waals surface area contributed by atoms with Gasteiger partial charge in [-0.1, -0.05) is 18.2 Å². The summed E-state index contributed by atoms with van der Waals surface area (Å²) in [6, 6.07) is 10.6. The number of hydrogen-bond acceptors (Lipinski definition) is 8. The van der Waals surface area contributed by atoms with Gasteiger partial charge >= 0.3 is 5.69 Å². The molecule has 4 rings (SSSR count). The summed E-state index contributed by atoms with van der Waals surface area (Å²) in [6.07, 6.45) is 2.11. The van der Waals surface area contributed by atoms with Crippen molar-refractivity contribution in [3.05, 3.63) is 68.9 Å². The maximum Gasteiger partial charge on any atom is 0.353 e. The van der Waals surface area contributed by atoms with Gasteiger partial charge in [-0.15, -0.1) is 11.3 Å². The van der Waals surface area contributed by atoms with E-state index >= 15 is 0 Å². The number of aromatic nitrogens is 2. The van der Waals surface area contributed by atoms with Crippen molar-refractivity contribution in [1.82, 2.24) is 9.97 Å². The number of nitro groups is 1. The molecule has 1 N–H and O–H groups in total. The predicted octanol–water partition coefficient (Wildman–Crippen LogP) is 3.57. The first-order chi connectivity index (χ1) is 14.6. The Morgan fingerprint density at radius 1 is 1.10 bits per heavy atom. The monoisotopic (exact) mass is 428 g/mol. The average Bonchev–Trinajstić information content (AvgIpc) is 3.27. The highest BCUT2D eigenvalue weighted by atomic mass is 32.1. The van der Waals surface area contributed by atoms with Crippen molar-refractivity contribution in [3.63, 3.8) is 0 Å². The molecule has 156 valence electrons. The third-order valence-electron chi connectivity index (χ3n) is 5.00. The summed E-state index contributed by atoms with van der Waals surface area (Å²) < 4.78 is 14.1. The first-order valence-electron chi connectivity index (χ1n) is 9.63. The van der Waals surface area contributed by atoms with Crippen molar-refractivity contribution in [2.75, 3.05) is 47.8 Å². The number of hydrogen-bond donors (Lipinski definition) is 1. The summed E-state index contributed by atoms with van der Waals surface area (Å²) in [5, 5.41) is 16.9. The fourth-order valence-corrected chi connectivity index (χ4v) is 4.23. The quantitative estimate of drug-likeness (QED) is 0.455. The van der Waals surface area contributed by atoms with Crippen LogP contribution < -0.4 is 15.1 Å². The van der Waals surface area contributed by atoms with Gasteiger partial charge in [-0.3, -0.25) is 10.1 Å². The van der Waals surface area contributed by atoms with Gasteiger partial charge in [-0.25, -0.2) is 14.4 Å². The lowest BCUT2D eigenvalue weighted by molar-refractivity contribution is -0.383. The zero-order chi connectivity index (χ0) is 20.9. The normalized spacial score (nSPS) is 14.0. The number of nitrogens with zero attached hydrogens (tertiary/aromatic N) is 5. The van der Waals surface area contributed by atoms with Gasteiger partial charge in [0.15, 0.2) is 0 Å². The number of thiophene rings is 1. The Morgan fingerprint density at radius 3 is 2.57 bits per heavy atom. The lowest BCUT2D eigenvalue weighted by Gasteiger charge is -2.36. The van der Waals surface area contributed by atoms with E-state index in [2.05, 4.69) is 15.3 Å². The molecular weight excluding hydrogens is 407 g/mol. The fourth-order valence-electron chi connectivity index (χ4n) is 3.52. The maximum atomic E-state index is 14.1. The second-order valence-electron chi connectivity index (χ2n) is 6.83. The van der Waals surface area contributed by atoms with Crippen molar-refractivity contribution in [2.45, 2.75) is 6.42 Å². The summed E-state index contributed by atoms with van der Waals surface area (Å²) in [5.74, 6) is 0.246. The fraction of sp³-hybridized carbons (Fsp3) is 0.300. The lowest BCUT2D eigenvalue weighted by Crippen LogP contribution is -2.47. The van der Waals surface area contributed by atoms with Crippen molar-refractivity contribution >= 4 is 34.3 Å². The number of benzene rings is 1. The molecule has 8 nitrogen and oxygen atoms in total. The summed E-state index contributed by atoms with van der Waals surface area (Å²) >= 11 is 1.65. The molecule has 1 fully saturated rings. The minimum absolute atomic E-state index is 0.122. The Labute approximate surface area is 177 Å². The average molecular weight is 428 g/mol. The van der Waals surface area contributed by atoms with Crippen LogP contribution in [0.25, 0.3) is 0 Å². The number of anilines is 3. The second kappa shape index (κ2) is 9.04. The Hall–Kier alpha value is -3.27. The van der Waals surface area contributed by atoms with Gasteiger partial charge in [-0.05, 0) is 30.0 Å². The van der Waals surface area contributed by atoms with Crippen LogP contribution in [0.4, 0.5) is 27.4 Å². The Bertz CT molecular complexity index is 1010. The van der Waals surface area contributed by atoms with Crippen molar-refractivity contribution < 1.29 is 9.31 Å². The molecule has 0 spiro atoms. The second-order valence-corrected chi connectivity index (χ2v) is 7.87. The van der Waals surface area contributed by atoms with E-state index in [-0.39, 0.29) is 17.3 Å². The number of halogens is 1. The largest absolute Gasteiger partial charge is 0.366 e. The number of piperazine rings is 1. The molecule has 0 radical (unpaired) electrons. The van der Waals surface area contributed by atoms with E-state index in [1.807, 2.05) is 27.3 Å². The highest BCUT2D eigenvalue weighted by Gasteiger charge is 2.29. The van der Waals surface area contributed by atoms with E-state index < -0.39 is 4.92 Å². The van der Waals surface area contributed by atoms with Gasteiger partial charge in [0, 0.05) is 37.6 Å². The molecule has 0 aliphatic carbocycles. The molecule has 0 unspecified atom stereocenters. The van der Waals surface area contributed by atoms with Crippen molar-refractivity contribution in [1.29, 1.82) is 0 Å². The van der Waals surface area contributed by atoms with E-state index in [1.54, 1.807) is 29.5 Å². The van der Waals surface area contributed by atoms with Crippen molar-refractivity contribution in [2.24, 2.45) is 0 Å². The molecular formula is C20H21FN6O2S. The van der Waals surface area contributed by atoms with Crippen LogP contribution in [-0.2, 0) is 6.42 Å². The summed E-state index contributed by atoms with van der Waals surface area (Å²) in [6.45, 7) is 2.63. The van der Waals surface area contributed by atoms with Gasteiger partial charge < -0.3 is 15.1 Å². The first kappa shape index (κ1) is 20.0. The molecule has 3 heterocycles. The SMILES string of the molecule is O=[N+]([O-])c1c(NCCc2cccs2)ncnc1N1CCN(c2ccccc2F)CC1. The zero-order valence-corrected chi connectivity index (χ0v) is 17.0. The Kier molecular flexibility index (Phi) is 6.03. The molecule has 30 heavy (non-hydrogen) atoms. The molecule has 1 aliphatic rings. The lowest BCUT2D eigenvalue weighted by atomic mass is 10.2. The third kappa shape index (κ3) is 4.33. The van der Waals surface area contributed by atoms with Crippen LogP contribution in [0.5, 0.6) is 0 Å². The van der Waals surface area contributed by atoms with Crippen LogP contribution in [0.1, 0.15) is 4.88 Å². The molecule has 0 saturated carbocycles. The number of para-hydroxylation sites is 1. The Balaban J connectivity index is 1.47.